The molecule has 8 heteroatoms. The van der Waals surface area contributed by atoms with E-state index in [1.807, 2.05) is 30.3 Å². The lowest BCUT2D eigenvalue weighted by Gasteiger charge is -2.30. The summed E-state index contributed by atoms with van der Waals surface area (Å²) < 4.78 is 10.4. The van der Waals surface area contributed by atoms with Gasteiger partial charge in [-0.25, -0.2) is 4.79 Å². The molecule has 1 aliphatic heterocycles. The molecule has 32 heavy (non-hydrogen) atoms. The number of nitrogens with one attached hydrogen (secondary N) is 1. The highest BCUT2D eigenvalue weighted by molar-refractivity contribution is 5.95. The normalized spacial score (nSPS) is 14.8. The fourth-order valence-electron chi connectivity index (χ4n) is 3.75. The smallest absolute Gasteiger partial charge is 0.338 e. The van der Waals surface area contributed by atoms with Gasteiger partial charge < -0.3 is 14.6 Å². The Kier molecular flexibility index (Phi) is 6.91. The zero-order valence-electron chi connectivity index (χ0n) is 18.0. The first-order chi connectivity index (χ1) is 15.6. The first-order valence-electron chi connectivity index (χ1n) is 10.8. The largest absolute Gasteiger partial charge is 0.462 e. The third-order valence-electron chi connectivity index (χ3n) is 5.46. The number of ether oxygens (including phenoxy) is 1. The zero-order valence-corrected chi connectivity index (χ0v) is 18.0. The van der Waals surface area contributed by atoms with Crippen molar-refractivity contribution < 1.29 is 18.8 Å². The molecule has 0 unspecified atom stereocenters. The number of carbonyl (C=O) groups is 2. The van der Waals surface area contributed by atoms with Crippen LogP contribution in [0.2, 0.25) is 0 Å². The first-order valence-corrected chi connectivity index (χ1v) is 10.8. The van der Waals surface area contributed by atoms with Crippen LogP contribution in [0.3, 0.4) is 0 Å². The fourth-order valence-corrected chi connectivity index (χ4v) is 3.75. The summed E-state index contributed by atoms with van der Waals surface area (Å²) in [4.78, 5) is 31.3. The van der Waals surface area contributed by atoms with Crippen LogP contribution in [0.1, 0.15) is 36.0 Å². The Morgan fingerprint density at radius 2 is 1.91 bits per heavy atom. The second kappa shape index (κ2) is 10.2. The minimum atomic E-state index is -0.395. The molecule has 1 aliphatic rings. The lowest BCUT2D eigenvalue weighted by atomic mass is 9.95. The van der Waals surface area contributed by atoms with Crippen LogP contribution in [0, 0.1) is 5.92 Å². The minimum absolute atomic E-state index is 0.0326. The van der Waals surface area contributed by atoms with E-state index in [-0.39, 0.29) is 11.8 Å². The summed E-state index contributed by atoms with van der Waals surface area (Å²) in [5.74, 6) is 0.644. The van der Waals surface area contributed by atoms with Gasteiger partial charge in [0.1, 0.15) is 0 Å². The van der Waals surface area contributed by atoms with Crippen molar-refractivity contribution in [1.29, 1.82) is 0 Å². The third kappa shape index (κ3) is 5.39. The predicted molar refractivity (Wildman–Crippen MR) is 119 cm³/mol. The first kappa shape index (κ1) is 21.7. The Morgan fingerprint density at radius 3 is 2.66 bits per heavy atom. The van der Waals surface area contributed by atoms with Crippen LogP contribution in [0.4, 0.5) is 5.69 Å². The molecule has 0 radical (unpaired) electrons. The molecule has 1 aromatic heterocycles. The monoisotopic (exact) mass is 434 g/mol. The molecule has 2 heterocycles. The number of nitrogens with zero attached hydrogens (tertiary/aromatic N) is 3. The number of esters is 1. The van der Waals surface area contributed by atoms with Crippen LogP contribution in [0.25, 0.3) is 11.4 Å². The molecular weight excluding hydrogens is 408 g/mol. The van der Waals surface area contributed by atoms with Gasteiger partial charge in [-0.3, -0.25) is 9.69 Å². The third-order valence-corrected chi connectivity index (χ3v) is 5.46. The Labute approximate surface area is 186 Å². The molecule has 0 bridgehead atoms. The minimum Gasteiger partial charge on any atom is -0.462 e. The SMILES string of the molecule is CCOC(=O)c1cccc(NC(=O)C2CCN(Cc3nc(-c4ccccc4)no3)CC2)c1. The molecule has 8 nitrogen and oxygen atoms in total. The maximum atomic E-state index is 12.7. The van der Waals surface area contributed by atoms with E-state index in [0.29, 0.717) is 36.1 Å². The van der Waals surface area contributed by atoms with Crippen molar-refractivity contribution in [2.45, 2.75) is 26.3 Å². The summed E-state index contributed by atoms with van der Waals surface area (Å²) in [5, 5.41) is 6.99. The summed E-state index contributed by atoms with van der Waals surface area (Å²) in [6, 6.07) is 16.5. The summed E-state index contributed by atoms with van der Waals surface area (Å²) in [6.45, 7) is 4.17. The van der Waals surface area contributed by atoms with Crippen LogP contribution >= 0.6 is 0 Å². The van der Waals surface area contributed by atoms with E-state index in [1.54, 1.807) is 31.2 Å². The van der Waals surface area contributed by atoms with Gasteiger partial charge in [-0.2, -0.15) is 4.98 Å². The van der Waals surface area contributed by atoms with Crippen molar-refractivity contribution in [3.8, 4) is 11.4 Å². The summed E-state index contributed by atoms with van der Waals surface area (Å²) >= 11 is 0. The number of likely N-dealkylation sites (tertiary alicyclic amines) is 1. The van der Waals surface area contributed by atoms with E-state index < -0.39 is 5.97 Å². The predicted octanol–water partition coefficient (Wildman–Crippen LogP) is 3.76. The van der Waals surface area contributed by atoms with E-state index in [0.717, 1.165) is 31.5 Å². The van der Waals surface area contributed by atoms with Gasteiger partial charge in [-0.05, 0) is 51.1 Å². The van der Waals surface area contributed by atoms with E-state index in [9.17, 15) is 9.59 Å². The van der Waals surface area contributed by atoms with Crippen LogP contribution in [0.5, 0.6) is 0 Å². The van der Waals surface area contributed by atoms with Crippen LogP contribution in [0.15, 0.2) is 59.1 Å². The molecule has 0 aliphatic carbocycles. The number of amides is 1. The van der Waals surface area contributed by atoms with Crippen molar-refractivity contribution in [1.82, 2.24) is 15.0 Å². The second-order valence-corrected chi connectivity index (χ2v) is 7.72. The number of rotatable bonds is 7. The molecule has 4 rings (SSSR count). The van der Waals surface area contributed by atoms with Gasteiger partial charge in [0.25, 0.3) is 0 Å². The van der Waals surface area contributed by atoms with Crippen molar-refractivity contribution in [2.75, 3.05) is 25.0 Å². The van der Waals surface area contributed by atoms with Gasteiger partial charge in [0.15, 0.2) is 0 Å². The van der Waals surface area contributed by atoms with Gasteiger partial charge in [-0.15, -0.1) is 0 Å². The number of benzene rings is 2. The number of carbonyl (C=O) groups excluding carboxylic acids is 2. The molecule has 1 amide bonds. The Morgan fingerprint density at radius 1 is 1.12 bits per heavy atom. The van der Waals surface area contributed by atoms with Gasteiger partial charge in [-0.1, -0.05) is 41.6 Å². The van der Waals surface area contributed by atoms with E-state index >= 15 is 0 Å². The lowest BCUT2D eigenvalue weighted by Crippen LogP contribution is -2.37. The molecule has 1 fully saturated rings. The van der Waals surface area contributed by atoms with Crippen molar-refractivity contribution in [2.24, 2.45) is 5.92 Å². The summed E-state index contributed by atoms with van der Waals surface area (Å²) in [6.07, 6.45) is 1.48. The van der Waals surface area contributed by atoms with Crippen LogP contribution in [-0.4, -0.2) is 46.6 Å². The van der Waals surface area contributed by atoms with Crippen LogP contribution in [-0.2, 0) is 16.1 Å². The fraction of sp³-hybridized carbons (Fsp3) is 0.333. The summed E-state index contributed by atoms with van der Waals surface area (Å²) in [5.41, 5.74) is 1.95. The average molecular weight is 434 g/mol. The highest BCUT2D eigenvalue weighted by Gasteiger charge is 2.26. The van der Waals surface area contributed by atoms with Gasteiger partial charge in [0.05, 0.1) is 18.7 Å². The maximum Gasteiger partial charge on any atom is 0.338 e. The number of hydrogen-bond acceptors (Lipinski definition) is 7. The molecule has 2 aromatic carbocycles. The maximum absolute atomic E-state index is 12.7. The molecule has 1 N–H and O–H groups in total. The number of hydrogen-bond donors (Lipinski definition) is 1. The molecule has 3 aromatic rings. The molecular formula is C24H26N4O4. The molecule has 0 atom stereocenters. The topological polar surface area (TPSA) is 97.6 Å². The average Bonchev–Trinajstić information content (AvgIpc) is 3.29. The van der Waals surface area contributed by atoms with Gasteiger partial charge in [0.2, 0.25) is 17.6 Å². The molecule has 0 saturated carbocycles. The number of anilines is 1. The van der Waals surface area contributed by atoms with E-state index in [4.69, 9.17) is 9.26 Å². The quantitative estimate of drug-likeness (QED) is 0.565. The number of aromatic nitrogens is 2. The second-order valence-electron chi connectivity index (χ2n) is 7.72. The van der Waals surface area contributed by atoms with Crippen molar-refractivity contribution >= 4 is 17.6 Å². The Bertz CT molecular complexity index is 1060. The van der Waals surface area contributed by atoms with Crippen molar-refractivity contribution in [3.63, 3.8) is 0 Å². The summed E-state index contributed by atoms with van der Waals surface area (Å²) in [7, 11) is 0. The lowest BCUT2D eigenvalue weighted by molar-refractivity contribution is -0.121. The highest BCUT2D eigenvalue weighted by atomic mass is 16.5. The van der Waals surface area contributed by atoms with Gasteiger partial charge in [0, 0.05) is 17.2 Å². The molecule has 166 valence electrons. The Balaban J connectivity index is 1.28. The Hall–Kier alpha value is -3.52. The van der Waals surface area contributed by atoms with Gasteiger partial charge >= 0.3 is 5.97 Å². The van der Waals surface area contributed by atoms with E-state index in [2.05, 4.69) is 20.4 Å². The zero-order chi connectivity index (χ0) is 22.3. The molecule has 1 saturated heterocycles. The van der Waals surface area contributed by atoms with Crippen LogP contribution < -0.4 is 5.32 Å². The van der Waals surface area contributed by atoms with Crippen molar-refractivity contribution in [3.05, 3.63) is 66.1 Å². The standard InChI is InChI=1S/C24H26N4O4/c1-2-31-24(30)19-9-6-10-20(15-19)25-23(29)18-11-13-28(14-12-18)16-21-26-22(27-32-21)17-7-4-3-5-8-17/h3-10,15,18H,2,11-14,16H2,1H3,(H,25,29). The number of piperidine rings is 1. The molecule has 0 spiro atoms. The van der Waals surface area contributed by atoms with E-state index in [1.165, 1.54) is 0 Å². The highest BCUT2D eigenvalue weighted by Crippen LogP contribution is 2.22.